The lowest BCUT2D eigenvalue weighted by Gasteiger charge is -2.35. The van der Waals surface area contributed by atoms with Gasteiger partial charge in [-0.2, -0.15) is 0 Å². The first-order chi connectivity index (χ1) is 16.0. The van der Waals surface area contributed by atoms with Crippen LogP contribution in [0.1, 0.15) is 18.7 Å². The highest BCUT2D eigenvalue weighted by Crippen LogP contribution is 2.29. The van der Waals surface area contributed by atoms with Crippen molar-refractivity contribution in [3.63, 3.8) is 0 Å². The highest BCUT2D eigenvalue weighted by atomic mass is 19.3. The standard InChI is InChI=1S/C22H25F2N7O2/c1-13-27-21-18(30(13)12-20(23)24)7-14(10-25-21)17-3-4-31-19(17)11-26-22(29-31)28-15-8-16(9-15)33-6-5-32-2/h3-4,7,10-11,15-16,20H,5-6,8-9,12H2,1-2H3,(H,28,29). The number of anilines is 1. The van der Waals surface area contributed by atoms with Crippen LogP contribution in [0.5, 0.6) is 0 Å². The Morgan fingerprint density at radius 1 is 1.18 bits per heavy atom. The molecule has 33 heavy (non-hydrogen) atoms. The molecule has 4 aromatic heterocycles. The SMILES string of the molecule is COCCOC1CC(Nc2ncc3c(-c4cnc5nc(C)n(CC(F)F)c5c4)ccn3n2)C1. The van der Waals surface area contributed by atoms with Crippen molar-refractivity contribution in [2.24, 2.45) is 0 Å². The van der Waals surface area contributed by atoms with Crippen LogP contribution in [0, 0.1) is 6.92 Å². The van der Waals surface area contributed by atoms with E-state index in [9.17, 15) is 8.78 Å². The first-order valence-corrected chi connectivity index (χ1v) is 10.8. The van der Waals surface area contributed by atoms with Gasteiger partial charge in [0, 0.05) is 36.7 Å². The lowest BCUT2D eigenvalue weighted by atomic mass is 9.89. The van der Waals surface area contributed by atoms with E-state index < -0.39 is 13.0 Å². The molecule has 0 aromatic carbocycles. The van der Waals surface area contributed by atoms with E-state index >= 15 is 0 Å². The number of methoxy groups -OCH3 is 1. The summed E-state index contributed by atoms with van der Waals surface area (Å²) in [6.07, 6.45) is 4.87. The molecule has 4 heterocycles. The topological polar surface area (TPSA) is 91.4 Å². The number of nitrogens with zero attached hydrogens (tertiary/aromatic N) is 6. The largest absolute Gasteiger partial charge is 0.382 e. The number of halogens is 2. The number of aryl methyl sites for hydroxylation is 1. The van der Waals surface area contributed by atoms with Crippen molar-refractivity contribution in [1.82, 2.24) is 29.1 Å². The van der Waals surface area contributed by atoms with E-state index in [1.807, 2.05) is 18.3 Å². The number of pyridine rings is 1. The summed E-state index contributed by atoms with van der Waals surface area (Å²) in [5.41, 5.74) is 3.49. The molecule has 1 saturated carbocycles. The normalized spacial score (nSPS) is 18.3. The van der Waals surface area contributed by atoms with E-state index in [0.717, 1.165) is 29.5 Å². The van der Waals surface area contributed by atoms with Gasteiger partial charge >= 0.3 is 0 Å². The minimum absolute atomic E-state index is 0.240. The van der Waals surface area contributed by atoms with E-state index in [1.165, 1.54) is 4.57 Å². The molecular formula is C22H25F2N7O2. The molecule has 1 aliphatic carbocycles. The van der Waals surface area contributed by atoms with Gasteiger partial charge in [-0.15, -0.1) is 5.10 Å². The zero-order chi connectivity index (χ0) is 22.9. The molecule has 9 nitrogen and oxygen atoms in total. The van der Waals surface area contributed by atoms with Gasteiger partial charge in [-0.05, 0) is 31.9 Å². The number of aromatic nitrogens is 6. The van der Waals surface area contributed by atoms with Gasteiger partial charge in [0.25, 0.3) is 6.43 Å². The number of rotatable bonds is 9. The summed E-state index contributed by atoms with van der Waals surface area (Å²) in [5, 5.41) is 7.91. The number of ether oxygens (including phenoxy) is 2. The van der Waals surface area contributed by atoms with Crippen LogP contribution in [-0.2, 0) is 16.0 Å². The van der Waals surface area contributed by atoms with Crippen molar-refractivity contribution in [2.45, 2.75) is 44.9 Å². The molecule has 0 atom stereocenters. The van der Waals surface area contributed by atoms with Crippen LogP contribution in [0.25, 0.3) is 27.8 Å². The zero-order valence-corrected chi connectivity index (χ0v) is 18.4. The van der Waals surface area contributed by atoms with Crippen LogP contribution >= 0.6 is 0 Å². The lowest BCUT2D eigenvalue weighted by Crippen LogP contribution is -2.41. The number of alkyl halides is 2. The van der Waals surface area contributed by atoms with Gasteiger partial charge in [-0.25, -0.2) is 28.2 Å². The molecule has 1 aliphatic rings. The third-order valence-electron chi connectivity index (χ3n) is 5.91. The Morgan fingerprint density at radius 2 is 2.03 bits per heavy atom. The summed E-state index contributed by atoms with van der Waals surface area (Å²) in [6, 6.07) is 4.03. The second kappa shape index (κ2) is 8.99. The van der Waals surface area contributed by atoms with Crippen molar-refractivity contribution >= 4 is 22.6 Å². The molecule has 4 aromatic rings. The maximum atomic E-state index is 13.0. The van der Waals surface area contributed by atoms with E-state index in [2.05, 4.69) is 25.4 Å². The van der Waals surface area contributed by atoms with Crippen molar-refractivity contribution in [2.75, 3.05) is 25.6 Å². The highest BCUT2D eigenvalue weighted by molar-refractivity contribution is 5.85. The van der Waals surface area contributed by atoms with Crippen LogP contribution < -0.4 is 5.32 Å². The smallest absolute Gasteiger partial charge is 0.256 e. The quantitative estimate of drug-likeness (QED) is 0.386. The minimum Gasteiger partial charge on any atom is -0.382 e. The molecule has 0 unspecified atom stereocenters. The molecular weight excluding hydrogens is 432 g/mol. The Morgan fingerprint density at radius 3 is 2.82 bits per heavy atom. The van der Waals surface area contributed by atoms with Crippen LogP contribution in [-0.4, -0.2) is 68.0 Å². The Hall–Kier alpha value is -3.18. The van der Waals surface area contributed by atoms with Gasteiger partial charge in [0.2, 0.25) is 5.95 Å². The summed E-state index contributed by atoms with van der Waals surface area (Å²) in [4.78, 5) is 13.1. The molecule has 1 N–H and O–H groups in total. The Kier molecular flexibility index (Phi) is 5.90. The van der Waals surface area contributed by atoms with Crippen molar-refractivity contribution < 1.29 is 18.3 Å². The number of imidazole rings is 1. The number of hydrogen-bond acceptors (Lipinski definition) is 7. The fourth-order valence-corrected chi connectivity index (χ4v) is 4.15. The molecule has 5 rings (SSSR count). The molecule has 0 bridgehead atoms. The number of hydrogen-bond donors (Lipinski definition) is 1. The van der Waals surface area contributed by atoms with Gasteiger partial charge in [-0.3, -0.25) is 0 Å². The van der Waals surface area contributed by atoms with Crippen molar-refractivity contribution in [1.29, 1.82) is 0 Å². The Bertz CT molecular complexity index is 1270. The fraction of sp³-hybridized carbons (Fsp3) is 0.455. The van der Waals surface area contributed by atoms with E-state index in [-0.39, 0.29) is 12.1 Å². The first kappa shape index (κ1) is 21.7. The second-order valence-electron chi connectivity index (χ2n) is 8.17. The summed E-state index contributed by atoms with van der Waals surface area (Å²) in [5.74, 6) is 1.06. The second-order valence-corrected chi connectivity index (χ2v) is 8.17. The van der Waals surface area contributed by atoms with E-state index in [4.69, 9.17) is 9.47 Å². The van der Waals surface area contributed by atoms with E-state index in [1.54, 1.807) is 30.9 Å². The lowest BCUT2D eigenvalue weighted by molar-refractivity contribution is -0.0261. The zero-order valence-electron chi connectivity index (χ0n) is 18.4. The van der Waals surface area contributed by atoms with Gasteiger partial charge < -0.3 is 19.4 Å². The molecule has 11 heteroatoms. The predicted molar refractivity (Wildman–Crippen MR) is 119 cm³/mol. The summed E-state index contributed by atoms with van der Waals surface area (Å²) < 4.78 is 40.0. The first-order valence-electron chi connectivity index (χ1n) is 10.8. The van der Waals surface area contributed by atoms with Gasteiger partial charge in [-0.1, -0.05) is 0 Å². The van der Waals surface area contributed by atoms with Gasteiger partial charge in [0.15, 0.2) is 5.65 Å². The minimum atomic E-state index is -2.47. The van der Waals surface area contributed by atoms with Gasteiger partial charge in [0.1, 0.15) is 5.82 Å². The summed E-state index contributed by atoms with van der Waals surface area (Å²) in [6.45, 7) is 2.49. The number of fused-ring (bicyclic) bond motifs is 2. The van der Waals surface area contributed by atoms with Crippen LogP contribution in [0.2, 0.25) is 0 Å². The third kappa shape index (κ3) is 4.38. The molecule has 0 saturated heterocycles. The Labute approximate surface area is 188 Å². The average molecular weight is 457 g/mol. The van der Waals surface area contributed by atoms with Crippen LogP contribution in [0.15, 0.2) is 30.7 Å². The maximum Gasteiger partial charge on any atom is 0.256 e. The molecule has 174 valence electrons. The number of nitrogens with one attached hydrogen (secondary N) is 1. The van der Waals surface area contributed by atoms with Crippen molar-refractivity contribution in [3.8, 4) is 11.1 Å². The third-order valence-corrected chi connectivity index (χ3v) is 5.91. The molecule has 0 radical (unpaired) electrons. The maximum absolute atomic E-state index is 13.0. The molecule has 1 fully saturated rings. The monoisotopic (exact) mass is 457 g/mol. The fourth-order valence-electron chi connectivity index (χ4n) is 4.15. The molecule has 0 aliphatic heterocycles. The molecule has 0 spiro atoms. The highest BCUT2D eigenvalue weighted by Gasteiger charge is 2.30. The Balaban J connectivity index is 1.33. The average Bonchev–Trinajstić information content (AvgIpc) is 3.32. The van der Waals surface area contributed by atoms with Crippen LogP contribution in [0.4, 0.5) is 14.7 Å². The van der Waals surface area contributed by atoms with Crippen molar-refractivity contribution in [3.05, 3.63) is 36.5 Å². The van der Waals surface area contributed by atoms with E-state index in [0.29, 0.717) is 36.2 Å². The predicted octanol–water partition coefficient (Wildman–Crippen LogP) is 3.32. The summed E-state index contributed by atoms with van der Waals surface area (Å²) in [7, 11) is 1.66. The summed E-state index contributed by atoms with van der Waals surface area (Å²) >= 11 is 0. The van der Waals surface area contributed by atoms with Gasteiger partial charge in [0.05, 0.1) is 43.1 Å². The van der Waals surface area contributed by atoms with Crippen LogP contribution in [0.3, 0.4) is 0 Å². The molecule has 0 amide bonds.